The zero-order chi connectivity index (χ0) is 13.8. The van der Waals surface area contributed by atoms with Gasteiger partial charge in [0.25, 0.3) is 0 Å². The molecular weight excluding hydrogens is 249 g/mol. The molecule has 0 saturated carbocycles. The van der Waals surface area contributed by atoms with Crippen LogP contribution in [0.5, 0.6) is 0 Å². The quantitative estimate of drug-likeness (QED) is 0.910. The number of halogens is 1. The number of aromatic carboxylic acids is 1. The second-order valence-corrected chi connectivity index (χ2v) is 4.84. The lowest BCUT2D eigenvalue weighted by Gasteiger charge is -2.28. The molecule has 1 N–H and O–H groups in total. The third-order valence-electron chi connectivity index (χ3n) is 3.38. The van der Waals surface area contributed by atoms with Gasteiger partial charge < -0.3 is 14.7 Å². The van der Waals surface area contributed by atoms with Crippen LogP contribution >= 0.6 is 0 Å². The van der Waals surface area contributed by atoms with Crippen molar-refractivity contribution in [2.75, 3.05) is 25.1 Å². The van der Waals surface area contributed by atoms with Gasteiger partial charge in [-0.2, -0.15) is 0 Å². The second-order valence-electron chi connectivity index (χ2n) is 4.84. The fourth-order valence-electron chi connectivity index (χ4n) is 2.28. The van der Waals surface area contributed by atoms with Gasteiger partial charge in [-0.05, 0) is 37.5 Å². The predicted molar refractivity (Wildman–Crippen MR) is 70.2 cm³/mol. The molecule has 104 valence electrons. The summed E-state index contributed by atoms with van der Waals surface area (Å²) in [4.78, 5) is 12.6. The molecule has 1 atom stereocenters. The van der Waals surface area contributed by atoms with Crippen LogP contribution in [-0.2, 0) is 4.74 Å². The summed E-state index contributed by atoms with van der Waals surface area (Å²) in [5.74, 6) is -1.95. The summed E-state index contributed by atoms with van der Waals surface area (Å²) < 4.78 is 19.2. The number of likely N-dealkylation sites (N-methyl/N-ethyl adjacent to an activating group) is 1. The van der Waals surface area contributed by atoms with Crippen LogP contribution in [0.15, 0.2) is 18.2 Å². The number of rotatable bonds is 4. The Hall–Kier alpha value is -1.62. The first-order valence-corrected chi connectivity index (χ1v) is 6.43. The molecule has 1 fully saturated rings. The summed E-state index contributed by atoms with van der Waals surface area (Å²) in [6.07, 6.45) is 3.44. The lowest BCUT2D eigenvalue weighted by Crippen LogP contribution is -2.33. The third kappa shape index (κ3) is 3.44. The van der Waals surface area contributed by atoms with Crippen molar-refractivity contribution >= 4 is 11.7 Å². The average Bonchev–Trinajstić information content (AvgIpc) is 2.39. The molecule has 4 nitrogen and oxygen atoms in total. The summed E-state index contributed by atoms with van der Waals surface area (Å²) in [6, 6.07) is 4.17. The Labute approximate surface area is 111 Å². The molecule has 0 bridgehead atoms. The van der Waals surface area contributed by atoms with E-state index in [1.807, 2.05) is 11.9 Å². The summed E-state index contributed by atoms with van der Waals surface area (Å²) in [6.45, 7) is 1.47. The van der Waals surface area contributed by atoms with E-state index in [1.54, 1.807) is 6.07 Å². The number of ether oxygens (including phenoxy) is 1. The van der Waals surface area contributed by atoms with Crippen LogP contribution < -0.4 is 4.90 Å². The number of carboxylic acids is 1. The highest BCUT2D eigenvalue weighted by Crippen LogP contribution is 2.20. The molecule has 1 heterocycles. The van der Waals surface area contributed by atoms with Crippen LogP contribution in [0.2, 0.25) is 0 Å². The van der Waals surface area contributed by atoms with Crippen molar-refractivity contribution in [3.63, 3.8) is 0 Å². The fraction of sp³-hybridized carbons (Fsp3) is 0.500. The highest BCUT2D eigenvalue weighted by atomic mass is 19.1. The van der Waals surface area contributed by atoms with E-state index in [0.717, 1.165) is 25.9 Å². The number of hydrogen-bond acceptors (Lipinski definition) is 3. The van der Waals surface area contributed by atoms with Gasteiger partial charge in [0.15, 0.2) is 0 Å². The normalized spacial score (nSPS) is 19.2. The Morgan fingerprint density at radius 1 is 1.53 bits per heavy atom. The monoisotopic (exact) mass is 267 g/mol. The first kappa shape index (κ1) is 13.8. The van der Waals surface area contributed by atoms with Crippen molar-refractivity contribution in [3.05, 3.63) is 29.6 Å². The van der Waals surface area contributed by atoms with E-state index < -0.39 is 11.8 Å². The minimum atomic E-state index is -1.25. The van der Waals surface area contributed by atoms with Crippen molar-refractivity contribution in [1.82, 2.24) is 0 Å². The van der Waals surface area contributed by atoms with Gasteiger partial charge in [-0.1, -0.05) is 0 Å². The highest BCUT2D eigenvalue weighted by Gasteiger charge is 2.17. The number of anilines is 1. The molecule has 0 spiro atoms. The molecule has 1 unspecified atom stereocenters. The molecule has 19 heavy (non-hydrogen) atoms. The Morgan fingerprint density at radius 2 is 2.32 bits per heavy atom. The minimum absolute atomic E-state index is 0.168. The lowest BCUT2D eigenvalue weighted by molar-refractivity contribution is 0.0216. The Morgan fingerprint density at radius 3 is 2.89 bits per heavy atom. The van der Waals surface area contributed by atoms with Gasteiger partial charge in [-0.25, -0.2) is 9.18 Å². The zero-order valence-electron chi connectivity index (χ0n) is 10.9. The molecule has 1 saturated heterocycles. The van der Waals surface area contributed by atoms with Gasteiger partial charge in [0, 0.05) is 25.9 Å². The lowest BCUT2D eigenvalue weighted by atomic mass is 10.1. The van der Waals surface area contributed by atoms with E-state index in [9.17, 15) is 9.18 Å². The molecule has 2 rings (SSSR count). The number of benzene rings is 1. The van der Waals surface area contributed by atoms with E-state index in [1.165, 1.54) is 12.1 Å². The van der Waals surface area contributed by atoms with Crippen LogP contribution in [0.4, 0.5) is 10.1 Å². The highest BCUT2D eigenvalue weighted by molar-refractivity contribution is 5.88. The number of hydrogen-bond donors (Lipinski definition) is 1. The summed E-state index contributed by atoms with van der Waals surface area (Å²) in [5.41, 5.74) is 0.364. The molecule has 1 aliphatic heterocycles. The van der Waals surface area contributed by atoms with Crippen LogP contribution in [-0.4, -0.2) is 37.4 Å². The first-order chi connectivity index (χ1) is 9.08. The minimum Gasteiger partial charge on any atom is -0.478 e. The van der Waals surface area contributed by atoms with Crippen LogP contribution in [0, 0.1) is 5.82 Å². The van der Waals surface area contributed by atoms with E-state index in [0.29, 0.717) is 12.2 Å². The van der Waals surface area contributed by atoms with Crippen molar-refractivity contribution < 1.29 is 19.0 Å². The van der Waals surface area contributed by atoms with E-state index >= 15 is 0 Å². The van der Waals surface area contributed by atoms with Crippen molar-refractivity contribution in [2.24, 2.45) is 0 Å². The van der Waals surface area contributed by atoms with Crippen molar-refractivity contribution in [3.8, 4) is 0 Å². The van der Waals surface area contributed by atoms with Crippen molar-refractivity contribution in [2.45, 2.75) is 25.4 Å². The summed E-state index contributed by atoms with van der Waals surface area (Å²) in [5, 5.41) is 8.78. The van der Waals surface area contributed by atoms with E-state index in [-0.39, 0.29) is 11.7 Å². The van der Waals surface area contributed by atoms with Crippen LogP contribution in [0.3, 0.4) is 0 Å². The molecular formula is C14H18FNO3. The Bertz CT molecular complexity index is 458. The van der Waals surface area contributed by atoms with Crippen LogP contribution in [0.1, 0.15) is 29.6 Å². The SMILES string of the molecule is CN(CC1CCCCO1)c1ccc(C(=O)O)c(F)c1. The van der Waals surface area contributed by atoms with Gasteiger partial charge in [0.05, 0.1) is 11.7 Å². The summed E-state index contributed by atoms with van der Waals surface area (Å²) >= 11 is 0. The zero-order valence-corrected chi connectivity index (χ0v) is 10.9. The molecule has 1 aromatic carbocycles. The Kier molecular flexibility index (Phi) is 4.37. The van der Waals surface area contributed by atoms with Gasteiger partial charge in [-0.3, -0.25) is 0 Å². The Balaban J connectivity index is 2.04. The second kappa shape index (κ2) is 6.02. The topological polar surface area (TPSA) is 49.8 Å². The molecule has 5 heteroatoms. The van der Waals surface area contributed by atoms with Gasteiger partial charge in [0.2, 0.25) is 0 Å². The molecule has 1 aliphatic rings. The summed E-state index contributed by atoms with van der Waals surface area (Å²) in [7, 11) is 1.85. The maximum atomic E-state index is 13.6. The largest absolute Gasteiger partial charge is 0.478 e. The van der Waals surface area contributed by atoms with E-state index in [4.69, 9.17) is 9.84 Å². The molecule has 1 aromatic rings. The molecule has 0 amide bonds. The van der Waals surface area contributed by atoms with Gasteiger partial charge >= 0.3 is 5.97 Å². The van der Waals surface area contributed by atoms with E-state index in [2.05, 4.69) is 0 Å². The fourth-order valence-corrected chi connectivity index (χ4v) is 2.28. The smallest absolute Gasteiger partial charge is 0.338 e. The number of carbonyl (C=O) groups is 1. The molecule has 0 radical (unpaired) electrons. The maximum absolute atomic E-state index is 13.6. The maximum Gasteiger partial charge on any atom is 0.338 e. The third-order valence-corrected chi connectivity index (χ3v) is 3.38. The average molecular weight is 267 g/mol. The van der Waals surface area contributed by atoms with Crippen molar-refractivity contribution in [1.29, 1.82) is 0 Å². The van der Waals surface area contributed by atoms with Gasteiger partial charge in [-0.15, -0.1) is 0 Å². The van der Waals surface area contributed by atoms with Crippen LogP contribution in [0.25, 0.3) is 0 Å². The predicted octanol–water partition coefficient (Wildman–Crippen LogP) is 2.53. The number of nitrogens with zero attached hydrogens (tertiary/aromatic N) is 1. The first-order valence-electron chi connectivity index (χ1n) is 6.43. The van der Waals surface area contributed by atoms with Gasteiger partial charge in [0.1, 0.15) is 5.82 Å². The standard InChI is InChI=1S/C14H18FNO3/c1-16(9-11-4-2-3-7-19-11)10-5-6-12(14(17)18)13(15)8-10/h5-6,8,11H,2-4,7,9H2,1H3,(H,17,18). The number of carboxylic acid groups (broad SMARTS) is 1. The molecule has 0 aliphatic carbocycles. The molecule has 0 aromatic heterocycles.